The molecule has 0 N–H and O–H groups in total. The summed E-state index contributed by atoms with van der Waals surface area (Å²) in [4.78, 5) is 17.6. The van der Waals surface area contributed by atoms with Gasteiger partial charge in [0.05, 0.1) is 31.1 Å². The first kappa shape index (κ1) is 18.0. The average molecular weight is 372 g/mol. The zero-order chi connectivity index (χ0) is 18.7. The van der Waals surface area contributed by atoms with Crippen molar-refractivity contribution >= 4 is 27.5 Å². The fourth-order valence-electron chi connectivity index (χ4n) is 2.67. The third-order valence-electron chi connectivity index (χ3n) is 3.92. The highest BCUT2D eigenvalue weighted by Crippen LogP contribution is 2.28. The lowest BCUT2D eigenvalue weighted by Crippen LogP contribution is -2.14. The molecule has 0 fully saturated rings. The monoisotopic (exact) mass is 372 g/mol. The zero-order valence-corrected chi connectivity index (χ0v) is 15.9. The minimum atomic E-state index is -0.371. The number of fused-ring (bicyclic) bond motifs is 1. The number of aryl methyl sites for hydroxylation is 1. The van der Waals surface area contributed by atoms with Gasteiger partial charge in [0.25, 0.3) is 5.91 Å². The Morgan fingerprint density at radius 3 is 2.65 bits per heavy atom. The molecular formula is C19H20N2O4S. The topological polar surface area (TPSA) is 62.1 Å². The van der Waals surface area contributed by atoms with E-state index < -0.39 is 0 Å². The number of nitrogens with zero attached hydrogens (tertiary/aromatic N) is 2. The van der Waals surface area contributed by atoms with E-state index in [0.29, 0.717) is 28.5 Å². The van der Waals surface area contributed by atoms with E-state index in [9.17, 15) is 4.79 Å². The van der Waals surface area contributed by atoms with Gasteiger partial charge in [-0.1, -0.05) is 17.4 Å². The molecule has 7 heteroatoms. The number of benzene rings is 2. The van der Waals surface area contributed by atoms with Gasteiger partial charge in [-0.25, -0.2) is 0 Å². The lowest BCUT2D eigenvalue weighted by molar-refractivity contribution is 0.0995. The summed E-state index contributed by atoms with van der Waals surface area (Å²) in [5.41, 5.74) is 1.31. The Morgan fingerprint density at radius 2 is 1.96 bits per heavy atom. The second-order valence-electron chi connectivity index (χ2n) is 5.46. The van der Waals surface area contributed by atoms with Crippen molar-refractivity contribution in [3.05, 3.63) is 46.8 Å². The second kappa shape index (κ2) is 7.61. The Hall–Kier alpha value is -2.80. The quantitative estimate of drug-likeness (QED) is 0.689. The fourth-order valence-corrected chi connectivity index (χ4v) is 3.70. The standard InChI is InChI=1S/C19H20N2O4S/c1-5-25-14-7-6-8-16-17(14)21(2)19(26-16)20-18(22)13-10-9-12(23-3)11-15(13)24-4/h6-11H,5H2,1-4H3. The van der Waals surface area contributed by atoms with Crippen LogP contribution in [0.2, 0.25) is 0 Å². The van der Waals surface area contributed by atoms with Crippen LogP contribution in [0.4, 0.5) is 0 Å². The second-order valence-corrected chi connectivity index (χ2v) is 6.47. The number of thiazole rings is 1. The smallest absolute Gasteiger partial charge is 0.283 e. The number of methoxy groups -OCH3 is 2. The van der Waals surface area contributed by atoms with Crippen LogP contribution in [0, 0.1) is 0 Å². The number of carbonyl (C=O) groups excluding carboxylic acids is 1. The van der Waals surface area contributed by atoms with Gasteiger partial charge in [-0.3, -0.25) is 4.79 Å². The molecule has 0 unspecified atom stereocenters. The molecule has 3 rings (SSSR count). The largest absolute Gasteiger partial charge is 0.497 e. The van der Waals surface area contributed by atoms with Crippen molar-refractivity contribution in [2.24, 2.45) is 12.0 Å². The molecular weight excluding hydrogens is 352 g/mol. The molecule has 3 aromatic rings. The first-order valence-electron chi connectivity index (χ1n) is 8.11. The number of amides is 1. The Labute approximate surface area is 155 Å². The third kappa shape index (κ3) is 3.30. The van der Waals surface area contributed by atoms with E-state index in [-0.39, 0.29) is 5.91 Å². The van der Waals surface area contributed by atoms with Crippen LogP contribution in [0.15, 0.2) is 41.4 Å². The molecule has 0 radical (unpaired) electrons. The Balaban J connectivity index is 2.09. The summed E-state index contributed by atoms with van der Waals surface area (Å²) >= 11 is 1.44. The van der Waals surface area contributed by atoms with Crippen molar-refractivity contribution in [2.75, 3.05) is 20.8 Å². The number of carbonyl (C=O) groups is 1. The van der Waals surface area contributed by atoms with Gasteiger partial charge in [-0.05, 0) is 31.2 Å². The number of ether oxygens (including phenoxy) is 3. The van der Waals surface area contributed by atoms with Crippen LogP contribution < -0.4 is 19.0 Å². The van der Waals surface area contributed by atoms with Crippen LogP contribution in [-0.2, 0) is 7.05 Å². The Morgan fingerprint density at radius 1 is 1.15 bits per heavy atom. The SMILES string of the molecule is CCOc1cccc2sc(=NC(=O)c3ccc(OC)cc3OC)n(C)c12. The van der Waals surface area contributed by atoms with Gasteiger partial charge in [-0.15, -0.1) is 0 Å². The van der Waals surface area contributed by atoms with Crippen molar-refractivity contribution in [2.45, 2.75) is 6.92 Å². The van der Waals surface area contributed by atoms with Crippen molar-refractivity contribution in [1.29, 1.82) is 0 Å². The molecule has 6 nitrogen and oxygen atoms in total. The van der Waals surface area contributed by atoms with Crippen LogP contribution >= 0.6 is 11.3 Å². The summed E-state index contributed by atoms with van der Waals surface area (Å²) in [6.45, 7) is 2.51. The normalized spacial score (nSPS) is 11.6. The highest BCUT2D eigenvalue weighted by Gasteiger charge is 2.14. The number of hydrogen-bond acceptors (Lipinski definition) is 5. The van der Waals surface area contributed by atoms with Gasteiger partial charge in [0, 0.05) is 13.1 Å². The minimum Gasteiger partial charge on any atom is -0.497 e. The number of hydrogen-bond donors (Lipinski definition) is 0. The van der Waals surface area contributed by atoms with Gasteiger partial charge in [-0.2, -0.15) is 4.99 Å². The van der Waals surface area contributed by atoms with Crippen LogP contribution in [0.3, 0.4) is 0 Å². The molecule has 0 saturated carbocycles. The van der Waals surface area contributed by atoms with Crippen molar-refractivity contribution in [1.82, 2.24) is 4.57 Å². The molecule has 0 aliphatic carbocycles. The highest BCUT2D eigenvalue weighted by molar-refractivity contribution is 7.16. The van der Waals surface area contributed by atoms with Crippen molar-refractivity contribution in [3.63, 3.8) is 0 Å². The van der Waals surface area contributed by atoms with Crippen LogP contribution in [0.5, 0.6) is 17.2 Å². The summed E-state index contributed by atoms with van der Waals surface area (Å²) in [5, 5.41) is 0. The Bertz CT molecular complexity index is 1020. The van der Waals surface area contributed by atoms with Gasteiger partial charge in [0.2, 0.25) is 0 Å². The minimum absolute atomic E-state index is 0.371. The summed E-state index contributed by atoms with van der Waals surface area (Å²) in [6.07, 6.45) is 0. The van der Waals surface area contributed by atoms with E-state index in [1.54, 1.807) is 25.3 Å². The summed E-state index contributed by atoms with van der Waals surface area (Å²) < 4.78 is 19.0. The van der Waals surface area contributed by atoms with E-state index in [1.807, 2.05) is 36.7 Å². The van der Waals surface area contributed by atoms with E-state index in [1.165, 1.54) is 18.4 Å². The maximum atomic E-state index is 12.7. The molecule has 1 heterocycles. The van der Waals surface area contributed by atoms with E-state index in [2.05, 4.69) is 4.99 Å². The maximum absolute atomic E-state index is 12.7. The first-order valence-corrected chi connectivity index (χ1v) is 8.93. The molecule has 0 bridgehead atoms. The molecule has 136 valence electrons. The molecule has 0 atom stereocenters. The van der Waals surface area contributed by atoms with E-state index in [4.69, 9.17) is 14.2 Å². The van der Waals surface area contributed by atoms with Gasteiger partial charge in [0.15, 0.2) is 4.80 Å². The predicted octanol–water partition coefficient (Wildman–Crippen LogP) is 3.40. The van der Waals surface area contributed by atoms with Gasteiger partial charge < -0.3 is 18.8 Å². The van der Waals surface area contributed by atoms with Crippen molar-refractivity contribution < 1.29 is 19.0 Å². The third-order valence-corrected chi connectivity index (χ3v) is 5.02. The molecule has 2 aromatic carbocycles. The Kier molecular flexibility index (Phi) is 5.27. The zero-order valence-electron chi connectivity index (χ0n) is 15.1. The van der Waals surface area contributed by atoms with Gasteiger partial charge >= 0.3 is 0 Å². The summed E-state index contributed by atoms with van der Waals surface area (Å²) in [5.74, 6) is 1.45. The molecule has 1 aromatic heterocycles. The van der Waals surface area contributed by atoms with E-state index >= 15 is 0 Å². The van der Waals surface area contributed by atoms with Crippen LogP contribution in [-0.4, -0.2) is 31.3 Å². The lowest BCUT2D eigenvalue weighted by Gasteiger charge is -2.07. The molecule has 0 saturated heterocycles. The van der Waals surface area contributed by atoms with Crippen LogP contribution in [0.1, 0.15) is 17.3 Å². The first-order chi connectivity index (χ1) is 12.6. The van der Waals surface area contributed by atoms with Crippen molar-refractivity contribution in [3.8, 4) is 17.2 Å². The van der Waals surface area contributed by atoms with E-state index in [0.717, 1.165) is 16.0 Å². The molecule has 26 heavy (non-hydrogen) atoms. The molecule has 0 aliphatic heterocycles. The predicted molar refractivity (Wildman–Crippen MR) is 101 cm³/mol. The number of aromatic nitrogens is 1. The summed E-state index contributed by atoms with van der Waals surface area (Å²) in [7, 11) is 4.95. The van der Waals surface area contributed by atoms with Gasteiger partial charge in [0.1, 0.15) is 22.8 Å². The average Bonchev–Trinajstić information content (AvgIpc) is 2.97. The lowest BCUT2D eigenvalue weighted by atomic mass is 10.2. The molecule has 0 spiro atoms. The number of rotatable bonds is 5. The molecule has 1 amide bonds. The molecule has 0 aliphatic rings. The maximum Gasteiger partial charge on any atom is 0.283 e. The summed E-state index contributed by atoms with van der Waals surface area (Å²) in [6, 6.07) is 10.9. The van der Waals surface area contributed by atoms with Crippen LogP contribution in [0.25, 0.3) is 10.2 Å². The highest BCUT2D eigenvalue weighted by atomic mass is 32.1. The fraction of sp³-hybridized carbons (Fsp3) is 0.263. The number of para-hydroxylation sites is 1.